The lowest BCUT2D eigenvalue weighted by atomic mass is 9.97. The summed E-state index contributed by atoms with van der Waals surface area (Å²) in [6.07, 6.45) is -0.661. The summed E-state index contributed by atoms with van der Waals surface area (Å²) in [6.45, 7) is 0. The van der Waals surface area contributed by atoms with Crippen LogP contribution in [0.4, 0.5) is 0 Å². The molecule has 4 nitrogen and oxygen atoms in total. The molecule has 0 atom stereocenters. The Morgan fingerprint density at radius 2 is 0.833 bits per heavy atom. The van der Waals surface area contributed by atoms with Gasteiger partial charge in [0.2, 0.25) is 0 Å². The molecule has 0 aliphatic heterocycles. The van der Waals surface area contributed by atoms with E-state index in [0.29, 0.717) is 21.2 Å². The van der Waals surface area contributed by atoms with E-state index < -0.39 is 11.6 Å². The molecule has 30 heavy (non-hydrogen) atoms. The Bertz CT molecular complexity index is 1030. The van der Waals surface area contributed by atoms with Gasteiger partial charge >= 0.3 is 0 Å². The van der Waals surface area contributed by atoms with Gasteiger partial charge in [-0.3, -0.25) is 19.2 Å². The largest absolute Gasteiger partial charge is 0.294 e. The molecule has 0 saturated carbocycles. The van der Waals surface area contributed by atoms with Crippen LogP contribution in [-0.2, 0) is 0 Å². The summed E-state index contributed by atoms with van der Waals surface area (Å²) in [5.41, 5.74) is 1.24. The van der Waals surface area contributed by atoms with Gasteiger partial charge in [-0.1, -0.05) is 41.4 Å². The Balaban J connectivity index is 1.68. The van der Waals surface area contributed by atoms with E-state index in [1.54, 1.807) is 54.6 Å². The van der Waals surface area contributed by atoms with Gasteiger partial charge in [-0.05, 0) is 54.6 Å². The molecule has 0 bridgehead atoms. The zero-order valence-electron chi connectivity index (χ0n) is 15.7. The maximum Gasteiger partial charge on any atom is 0.170 e. The minimum Gasteiger partial charge on any atom is -0.294 e. The number of benzene rings is 3. The first-order valence-electron chi connectivity index (χ1n) is 9.07. The Morgan fingerprint density at radius 3 is 1.20 bits per heavy atom. The number of Topliss-reactive ketones (excluding diaryl/α,β-unsaturated/α-hetero) is 4. The molecule has 0 N–H and O–H groups in total. The van der Waals surface area contributed by atoms with E-state index in [-0.39, 0.29) is 35.5 Å². The molecule has 0 radical (unpaired) electrons. The van der Waals surface area contributed by atoms with E-state index in [1.165, 1.54) is 18.2 Å². The van der Waals surface area contributed by atoms with Gasteiger partial charge in [-0.15, -0.1) is 0 Å². The zero-order valence-corrected chi connectivity index (χ0v) is 17.2. The fourth-order valence-corrected chi connectivity index (χ4v) is 3.09. The topological polar surface area (TPSA) is 68.3 Å². The quantitative estimate of drug-likeness (QED) is 0.324. The molecule has 0 aliphatic rings. The van der Waals surface area contributed by atoms with Crippen molar-refractivity contribution < 1.29 is 19.2 Å². The Morgan fingerprint density at radius 1 is 0.500 bits per heavy atom. The highest BCUT2D eigenvalue weighted by Crippen LogP contribution is 2.16. The first-order chi connectivity index (χ1) is 14.3. The molecule has 150 valence electrons. The number of rotatable bonds is 8. The third-order valence-electron chi connectivity index (χ3n) is 4.48. The lowest BCUT2D eigenvalue weighted by Crippen LogP contribution is -2.11. The van der Waals surface area contributed by atoms with Gasteiger partial charge in [0.15, 0.2) is 23.1 Å². The molecule has 0 aromatic heterocycles. The molecule has 0 heterocycles. The summed E-state index contributed by atoms with van der Waals surface area (Å²) in [6, 6.07) is 18.6. The number of hydrogen-bond donors (Lipinski definition) is 0. The third-order valence-corrected chi connectivity index (χ3v) is 4.99. The second kappa shape index (κ2) is 9.61. The van der Waals surface area contributed by atoms with E-state index in [2.05, 4.69) is 0 Å². The van der Waals surface area contributed by atoms with E-state index in [1.807, 2.05) is 0 Å². The van der Waals surface area contributed by atoms with Crippen LogP contribution < -0.4 is 0 Å². The highest BCUT2D eigenvalue weighted by molar-refractivity contribution is 6.31. The Kier molecular flexibility index (Phi) is 6.93. The Labute approximate surface area is 183 Å². The molecule has 0 amide bonds. The maximum atomic E-state index is 12.5. The van der Waals surface area contributed by atoms with Crippen LogP contribution in [0.2, 0.25) is 10.0 Å². The zero-order chi connectivity index (χ0) is 21.7. The Hall–Kier alpha value is -3.08. The van der Waals surface area contributed by atoms with Gasteiger partial charge in [0.25, 0.3) is 0 Å². The fourth-order valence-electron chi connectivity index (χ4n) is 2.84. The third kappa shape index (κ3) is 5.50. The molecule has 0 fully saturated rings. The average Bonchev–Trinajstić information content (AvgIpc) is 2.74. The summed E-state index contributed by atoms with van der Waals surface area (Å²) in [5, 5.41) is 0.995. The minimum absolute atomic E-state index is 0.238. The predicted octanol–water partition coefficient (Wildman–Crippen LogP) is 5.90. The summed E-state index contributed by atoms with van der Waals surface area (Å²) in [5.74, 6) is -1.50. The van der Waals surface area contributed by atoms with Crippen LogP contribution in [0.3, 0.4) is 0 Å². The smallest absolute Gasteiger partial charge is 0.170 e. The fraction of sp³-hybridized carbons (Fsp3) is 0.0833. The van der Waals surface area contributed by atoms with Crippen molar-refractivity contribution in [3.05, 3.63) is 105 Å². The highest BCUT2D eigenvalue weighted by atomic mass is 35.5. The lowest BCUT2D eigenvalue weighted by Gasteiger charge is -2.05. The molecular formula is C24H16Cl2O4. The van der Waals surface area contributed by atoms with Crippen LogP contribution in [0.25, 0.3) is 0 Å². The first-order valence-corrected chi connectivity index (χ1v) is 9.83. The number of carbonyl (C=O) groups excluding carboxylic acids is 4. The van der Waals surface area contributed by atoms with E-state index >= 15 is 0 Å². The van der Waals surface area contributed by atoms with Crippen molar-refractivity contribution in [1.82, 2.24) is 0 Å². The van der Waals surface area contributed by atoms with Crippen LogP contribution in [0.1, 0.15) is 54.3 Å². The van der Waals surface area contributed by atoms with Gasteiger partial charge in [0, 0.05) is 32.3 Å². The van der Waals surface area contributed by atoms with Crippen molar-refractivity contribution in [2.24, 2.45) is 0 Å². The normalized spacial score (nSPS) is 10.5. The predicted molar refractivity (Wildman–Crippen MR) is 116 cm³/mol. The minimum atomic E-state index is -0.409. The number of carbonyl (C=O) groups is 4. The van der Waals surface area contributed by atoms with Gasteiger partial charge in [-0.25, -0.2) is 0 Å². The van der Waals surface area contributed by atoms with Gasteiger partial charge in [0.05, 0.1) is 12.8 Å². The number of hydrogen-bond acceptors (Lipinski definition) is 4. The summed E-state index contributed by atoms with van der Waals surface area (Å²) >= 11 is 11.6. The highest BCUT2D eigenvalue weighted by Gasteiger charge is 2.17. The average molecular weight is 439 g/mol. The van der Waals surface area contributed by atoms with E-state index in [9.17, 15) is 19.2 Å². The lowest BCUT2D eigenvalue weighted by molar-refractivity contribution is 0.0882. The molecule has 0 spiro atoms. The first kappa shape index (κ1) is 21.6. The molecular weight excluding hydrogens is 423 g/mol. The SMILES string of the molecule is O=C(CC(=O)c1cccc(C(=O)CC(=O)c2ccc(Cl)cc2)c1)c1ccc(Cl)cc1. The second-order valence-electron chi connectivity index (χ2n) is 6.64. The monoisotopic (exact) mass is 438 g/mol. The van der Waals surface area contributed by atoms with Crippen molar-refractivity contribution >= 4 is 46.3 Å². The summed E-state index contributed by atoms with van der Waals surface area (Å²) in [4.78, 5) is 49.6. The van der Waals surface area contributed by atoms with Crippen LogP contribution >= 0.6 is 23.2 Å². The molecule has 0 saturated heterocycles. The standard InChI is InChI=1S/C24H16Cl2O4/c25-19-8-4-15(5-9-19)21(27)13-23(29)17-2-1-3-18(12-17)24(30)14-22(28)16-6-10-20(26)11-7-16/h1-12H,13-14H2. The molecule has 3 aromatic rings. The maximum absolute atomic E-state index is 12.5. The molecule has 0 aliphatic carbocycles. The van der Waals surface area contributed by atoms with Crippen molar-refractivity contribution in [1.29, 1.82) is 0 Å². The summed E-state index contributed by atoms with van der Waals surface area (Å²) < 4.78 is 0. The number of ketones is 4. The molecule has 3 rings (SSSR count). The van der Waals surface area contributed by atoms with Crippen LogP contribution in [0.5, 0.6) is 0 Å². The molecule has 6 heteroatoms. The number of halogens is 2. The van der Waals surface area contributed by atoms with E-state index in [4.69, 9.17) is 23.2 Å². The molecule has 3 aromatic carbocycles. The van der Waals surface area contributed by atoms with Gasteiger partial charge in [0.1, 0.15) is 0 Å². The van der Waals surface area contributed by atoms with Crippen molar-refractivity contribution in [3.8, 4) is 0 Å². The van der Waals surface area contributed by atoms with Crippen LogP contribution in [-0.4, -0.2) is 23.1 Å². The van der Waals surface area contributed by atoms with Crippen LogP contribution in [0.15, 0.2) is 72.8 Å². The van der Waals surface area contributed by atoms with Gasteiger partial charge < -0.3 is 0 Å². The van der Waals surface area contributed by atoms with Crippen molar-refractivity contribution in [3.63, 3.8) is 0 Å². The summed E-state index contributed by atoms with van der Waals surface area (Å²) in [7, 11) is 0. The second-order valence-corrected chi connectivity index (χ2v) is 7.51. The van der Waals surface area contributed by atoms with Crippen LogP contribution in [0, 0.1) is 0 Å². The van der Waals surface area contributed by atoms with Gasteiger partial charge in [-0.2, -0.15) is 0 Å². The van der Waals surface area contributed by atoms with Crippen molar-refractivity contribution in [2.75, 3.05) is 0 Å². The van der Waals surface area contributed by atoms with E-state index in [0.717, 1.165) is 0 Å². The van der Waals surface area contributed by atoms with Crippen molar-refractivity contribution in [2.45, 2.75) is 12.8 Å². The molecule has 0 unspecified atom stereocenters.